The van der Waals surface area contributed by atoms with E-state index in [0.717, 1.165) is 6.42 Å². The molecule has 1 fully saturated rings. The van der Waals surface area contributed by atoms with Crippen molar-refractivity contribution in [3.63, 3.8) is 0 Å². The summed E-state index contributed by atoms with van der Waals surface area (Å²) < 4.78 is 4.75. The fraction of sp³-hybridized carbons (Fsp3) is 0.750. The zero-order valence-electron chi connectivity index (χ0n) is 6.59. The largest absolute Gasteiger partial charge is 0.464 e. The van der Waals surface area contributed by atoms with Crippen molar-refractivity contribution in [1.82, 2.24) is 0 Å². The van der Waals surface area contributed by atoms with Gasteiger partial charge in [-0.15, -0.1) is 0 Å². The minimum Gasteiger partial charge on any atom is -0.464 e. The molecule has 1 saturated heterocycles. The van der Waals surface area contributed by atoms with Crippen molar-refractivity contribution < 1.29 is 9.53 Å². The molecule has 0 aromatic heterocycles. The van der Waals surface area contributed by atoms with E-state index in [1.807, 2.05) is 6.92 Å². The van der Waals surface area contributed by atoms with Gasteiger partial charge in [0.05, 0.1) is 12.7 Å². The molecule has 1 aliphatic heterocycles. The Hall–Kier alpha value is -1.04. The van der Waals surface area contributed by atoms with Gasteiger partial charge in [0.25, 0.3) is 0 Å². The lowest BCUT2D eigenvalue weighted by atomic mass is 9.84. The highest BCUT2D eigenvalue weighted by atomic mass is 16.5. The van der Waals surface area contributed by atoms with E-state index in [4.69, 9.17) is 10.00 Å². The molecule has 1 rings (SSSR count). The number of hydrogen-bond donors (Lipinski definition) is 0. The van der Waals surface area contributed by atoms with E-state index < -0.39 is 5.41 Å². The summed E-state index contributed by atoms with van der Waals surface area (Å²) in [5, 5.41) is 8.77. The van der Waals surface area contributed by atoms with Crippen LogP contribution in [0.2, 0.25) is 0 Å². The van der Waals surface area contributed by atoms with Crippen molar-refractivity contribution in [3.8, 4) is 6.07 Å². The average molecular weight is 153 g/mol. The van der Waals surface area contributed by atoms with Gasteiger partial charge in [0, 0.05) is 6.42 Å². The van der Waals surface area contributed by atoms with Crippen LogP contribution in [0.25, 0.3) is 0 Å². The van der Waals surface area contributed by atoms with Gasteiger partial charge in [0.2, 0.25) is 0 Å². The molecule has 0 aromatic carbocycles. The second-order valence-corrected chi connectivity index (χ2v) is 2.83. The maximum atomic E-state index is 11.1. The van der Waals surface area contributed by atoms with Crippen LogP contribution in [0.4, 0.5) is 0 Å². The second kappa shape index (κ2) is 2.91. The van der Waals surface area contributed by atoms with Crippen LogP contribution >= 0.6 is 0 Å². The van der Waals surface area contributed by atoms with Gasteiger partial charge in [-0.3, -0.25) is 4.79 Å². The Bertz CT molecular complexity index is 207. The quantitative estimate of drug-likeness (QED) is 0.561. The first kappa shape index (κ1) is 8.06. The summed E-state index contributed by atoms with van der Waals surface area (Å²) in [4.78, 5) is 11.1. The summed E-state index contributed by atoms with van der Waals surface area (Å²) in [7, 11) is 0. The molecule has 0 aliphatic carbocycles. The molecule has 1 heterocycles. The monoisotopic (exact) mass is 153 g/mol. The van der Waals surface area contributed by atoms with Crippen LogP contribution in [0.1, 0.15) is 26.2 Å². The SMILES string of the molecule is CCCC1(C#N)CCOC1=O. The lowest BCUT2D eigenvalue weighted by molar-refractivity contribution is -0.144. The predicted molar refractivity (Wildman–Crippen MR) is 38.5 cm³/mol. The van der Waals surface area contributed by atoms with Crippen LogP contribution < -0.4 is 0 Å². The van der Waals surface area contributed by atoms with E-state index in [1.165, 1.54) is 0 Å². The van der Waals surface area contributed by atoms with Gasteiger partial charge in [-0.05, 0) is 6.42 Å². The van der Waals surface area contributed by atoms with E-state index in [0.29, 0.717) is 19.4 Å². The molecule has 60 valence electrons. The van der Waals surface area contributed by atoms with Crippen LogP contribution in [0.5, 0.6) is 0 Å². The summed E-state index contributed by atoms with van der Waals surface area (Å²) in [6, 6.07) is 2.05. The number of carbonyl (C=O) groups is 1. The number of nitriles is 1. The van der Waals surface area contributed by atoms with Crippen molar-refractivity contribution in [2.24, 2.45) is 5.41 Å². The topological polar surface area (TPSA) is 50.1 Å². The van der Waals surface area contributed by atoms with Crippen molar-refractivity contribution in [2.75, 3.05) is 6.61 Å². The second-order valence-electron chi connectivity index (χ2n) is 2.83. The Balaban J connectivity index is 2.75. The molecule has 1 atom stereocenters. The van der Waals surface area contributed by atoms with E-state index in [1.54, 1.807) is 0 Å². The van der Waals surface area contributed by atoms with Crippen LogP contribution in [0, 0.1) is 16.7 Å². The van der Waals surface area contributed by atoms with Gasteiger partial charge in [0.15, 0.2) is 5.41 Å². The molecule has 0 saturated carbocycles. The lowest BCUT2D eigenvalue weighted by Gasteiger charge is -2.12. The van der Waals surface area contributed by atoms with Crippen LogP contribution in [-0.4, -0.2) is 12.6 Å². The zero-order valence-corrected chi connectivity index (χ0v) is 6.59. The minimum absolute atomic E-state index is 0.332. The fourth-order valence-corrected chi connectivity index (χ4v) is 1.37. The molecule has 0 spiro atoms. The molecule has 3 heteroatoms. The number of rotatable bonds is 2. The summed E-state index contributed by atoms with van der Waals surface area (Å²) in [5.74, 6) is -0.332. The molecule has 0 amide bonds. The van der Waals surface area contributed by atoms with Gasteiger partial charge < -0.3 is 4.74 Å². The van der Waals surface area contributed by atoms with Crippen molar-refractivity contribution in [2.45, 2.75) is 26.2 Å². The zero-order chi connectivity index (χ0) is 8.32. The number of nitrogens with zero attached hydrogens (tertiary/aromatic N) is 1. The molecule has 0 bridgehead atoms. The summed E-state index contributed by atoms with van der Waals surface area (Å²) in [6.45, 7) is 2.37. The smallest absolute Gasteiger partial charge is 0.326 e. The Morgan fingerprint density at radius 1 is 1.82 bits per heavy atom. The number of hydrogen-bond acceptors (Lipinski definition) is 3. The maximum absolute atomic E-state index is 11.1. The van der Waals surface area contributed by atoms with Crippen LogP contribution in [-0.2, 0) is 9.53 Å². The third kappa shape index (κ3) is 1.21. The van der Waals surface area contributed by atoms with Crippen molar-refractivity contribution in [1.29, 1.82) is 5.26 Å². The highest BCUT2D eigenvalue weighted by Crippen LogP contribution is 2.33. The molecule has 0 radical (unpaired) electrons. The molecular formula is C8H11NO2. The highest BCUT2D eigenvalue weighted by Gasteiger charge is 2.43. The Labute approximate surface area is 66.0 Å². The fourth-order valence-electron chi connectivity index (χ4n) is 1.37. The number of cyclic esters (lactones) is 1. The van der Waals surface area contributed by atoms with Crippen LogP contribution in [0.15, 0.2) is 0 Å². The van der Waals surface area contributed by atoms with Gasteiger partial charge in [-0.25, -0.2) is 0 Å². The molecule has 0 N–H and O–H groups in total. The van der Waals surface area contributed by atoms with E-state index >= 15 is 0 Å². The summed E-state index contributed by atoms with van der Waals surface area (Å²) >= 11 is 0. The first-order valence-electron chi connectivity index (χ1n) is 3.83. The third-order valence-electron chi connectivity index (χ3n) is 2.04. The van der Waals surface area contributed by atoms with Gasteiger partial charge in [-0.1, -0.05) is 13.3 Å². The van der Waals surface area contributed by atoms with Gasteiger partial charge in [0.1, 0.15) is 0 Å². The van der Waals surface area contributed by atoms with E-state index in [-0.39, 0.29) is 5.97 Å². The molecule has 1 unspecified atom stereocenters. The molecule has 3 nitrogen and oxygen atoms in total. The van der Waals surface area contributed by atoms with E-state index in [2.05, 4.69) is 6.07 Å². The Kier molecular flexibility index (Phi) is 2.13. The van der Waals surface area contributed by atoms with Gasteiger partial charge >= 0.3 is 5.97 Å². The van der Waals surface area contributed by atoms with Crippen LogP contribution in [0.3, 0.4) is 0 Å². The Morgan fingerprint density at radius 2 is 2.55 bits per heavy atom. The third-order valence-corrected chi connectivity index (χ3v) is 2.04. The van der Waals surface area contributed by atoms with Crippen molar-refractivity contribution >= 4 is 5.97 Å². The minimum atomic E-state index is -0.811. The number of esters is 1. The highest BCUT2D eigenvalue weighted by molar-refractivity contribution is 5.81. The Morgan fingerprint density at radius 3 is 2.91 bits per heavy atom. The molecule has 1 aliphatic rings. The maximum Gasteiger partial charge on any atom is 0.326 e. The normalized spacial score (nSPS) is 29.6. The first-order chi connectivity index (χ1) is 5.25. The summed E-state index contributed by atoms with van der Waals surface area (Å²) in [5.41, 5.74) is -0.811. The molecular weight excluding hydrogens is 142 g/mol. The molecule has 0 aromatic rings. The lowest BCUT2D eigenvalue weighted by Crippen LogP contribution is -2.23. The average Bonchev–Trinajstić information content (AvgIpc) is 2.35. The predicted octanol–water partition coefficient (Wildman–Crippen LogP) is 1.24. The number of ether oxygens (including phenoxy) is 1. The van der Waals surface area contributed by atoms with Crippen molar-refractivity contribution in [3.05, 3.63) is 0 Å². The molecule has 11 heavy (non-hydrogen) atoms. The first-order valence-corrected chi connectivity index (χ1v) is 3.83. The standard InChI is InChI=1S/C8H11NO2/c1-2-3-8(6-9)4-5-11-7(8)10/h2-5H2,1H3. The number of carbonyl (C=O) groups excluding carboxylic acids is 1. The van der Waals surface area contributed by atoms with E-state index in [9.17, 15) is 4.79 Å². The van der Waals surface area contributed by atoms with Gasteiger partial charge in [-0.2, -0.15) is 5.26 Å². The summed E-state index contributed by atoms with van der Waals surface area (Å²) in [6.07, 6.45) is 2.04.